The van der Waals surface area contributed by atoms with E-state index in [2.05, 4.69) is 14.2 Å². The topological polar surface area (TPSA) is 63.8 Å². The van der Waals surface area contributed by atoms with Gasteiger partial charge in [-0.3, -0.25) is 9.01 Å². The zero-order valence-electron chi connectivity index (χ0n) is 8.17. The number of benzene rings is 1. The molecule has 0 spiro atoms. The minimum Gasteiger partial charge on any atom is -0.464 e. The van der Waals surface area contributed by atoms with Crippen molar-refractivity contribution < 1.29 is 12.9 Å². The van der Waals surface area contributed by atoms with Gasteiger partial charge in [-0.25, -0.2) is 0 Å². The number of para-hydroxylation sites is 1. The van der Waals surface area contributed by atoms with E-state index in [1.807, 2.05) is 24.3 Å². The van der Waals surface area contributed by atoms with Crippen molar-refractivity contribution in [3.63, 3.8) is 0 Å². The van der Waals surface area contributed by atoms with Crippen molar-refractivity contribution in [2.24, 2.45) is 5.16 Å². The van der Waals surface area contributed by atoms with Crippen molar-refractivity contribution in [3.8, 4) is 0 Å². The summed E-state index contributed by atoms with van der Waals surface area (Å²) in [4.78, 5) is 0. The van der Waals surface area contributed by atoms with E-state index < -0.39 is 11.3 Å². The van der Waals surface area contributed by atoms with Crippen molar-refractivity contribution in [2.75, 3.05) is 0 Å². The Morgan fingerprint density at radius 2 is 2.25 bits per heavy atom. The molecule has 5 nitrogen and oxygen atoms in total. The Hall–Kier alpha value is -1.82. The first-order chi connectivity index (χ1) is 7.83. The van der Waals surface area contributed by atoms with Gasteiger partial charge in [0.05, 0.1) is 6.26 Å². The third kappa shape index (κ3) is 1.57. The Morgan fingerprint density at radius 1 is 1.38 bits per heavy atom. The maximum Gasteiger partial charge on any atom is 0.338 e. The van der Waals surface area contributed by atoms with Crippen molar-refractivity contribution >= 4 is 28.1 Å². The fraction of sp³-hybridized carbons (Fsp3) is 0.100. The van der Waals surface area contributed by atoms with Crippen molar-refractivity contribution in [1.82, 2.24) is 4.72 Å². The summed E-state index contributed by atoms with van der Waals surface area (Å²) in [5, 5.41) is 4.69. The second-order valence-electron chi connectivity index (χ2n) is 3.38. The van der Waals surface area contributed by atoms with Crippen LogP contribution in [0.1, 0.15) is 5.56 Å². The van der Waals surface area contributed by atoms with E-state index in [0.29, 0.717) is 12.3 Å². The smallest absolute Gasteiger partial charge is 0.338 e. The lowest BCUT2D eigenvalue weighted by Gasteiger charge is -1.95. The molecule has 1 unspecified atom stereocenters. The summed E-state index contributed by atoms with van der Waals surface area (Å²) in [5.41, 5.74) is 1.82. The largest absolute Gasteiger partial charge is 0.464 e. The molecule has 1 aromatic heterocycles. The number of hydrogen-bond acceptors (Lipinski definition) is 4. The highest BCUT2D eigenvalue weighted by Crippen LogP contribution is 2.21. The van der Waals surface area contributed by atoms with Crippen LogP contribution in [0.3, 0.4) is 0 Å². The first kappa shape index (κ1) is 9.41. The predicted octanol–water partition coefficient (Wildman–Crippen LogP) is 1.49. The summed E-state index contributed by atoms with van der Waals surface area (Å²) in [6, 6.07) is 7.73. The van der Waals surface area contributed by atoms with Crippen LogP contribution in [0.2, 0.25) is 0 Å². The van der Waals surface area contributed by atoms with Gasteiger partial charge >= 0.3 is 11.3 Å². The van der Waals surface area contributed by atoms with Gasteiger partial charge in [-0.05, 0) is 6.07 Å². The molecule has 1 N–H and O–H groups in total. The second-order valence-corrected chi connectivity index (χ2v) is 4.21. The van der Waals surface area contributed by atoms with Crippen LogP contribution in [0, 0.1) is 0 Å². The quantitative estimate of drug-likeness (QED) is 0.859. The number of hydrogen-bond donors (Lipinski definition) is 1. The zero-order valence-corrected chi connectivity index (χ0v) is 8.99. The molecule has 0 fully saturated rings. The van der Waals surface area contributed by atoms with Crippen molar-refractivity contribution in [2.45, 2.75) is 6.42 Å². The molecule has 1 aromatic carbocycles. The summed E-state index contributed by atoms with van der Waals surface area (Å²) in [7, 11) is 0. The number of fused-ring (bicyclic) bond motifs is 1. The monoisotopic (exact) mass is 236 g/mol. The standard InChI is InChI=1S/C10H8N2O3S/c13-16-12-10(11-15-16)5-7-6-14-9-4-2-1-3-8(7)9/h1-4,6H,5H2,(H,11,12). The summed E-state index contributed by atoms with van der Waals surface area (Å²) in [6.07, 6.45) is 2.19. The lowest BCUT2D eigenvalue weighted by molar-refractivity contribution is 0.384. The number of amidine groups is 1. The molecule has 0 saturated carbocycles. The zero-order chi connectivity index (χ0) is 11.0. The Kier molecular flexibility index (Phi) is 2.14. The SMILES string of the molecule is O=S1NC(Cc2coc3ccccc23)=NO1. The molecular formula is C10H8N2O3S. The molecule has 0 amide bonds. The second kappa shape index (κ2) is 3.64. The van der Waals surface area contributed by atoms with Gasteiger partial charge in [-0.15, -0.1) is 0 Å². The predicted molar refractivity (Wildman–Crippen MR) is 59.7 cm³/mol. The highest BCUT2D eigenvalue weighted by molar-refractivity contribution is 7.79. The van der Waals surface area contributed by atoms with E-state index in [1.165, 1.54) is 0 Å². The Labute approximate surface area is 93.9 Å². The van der Waals surface area contributed by atoms with E-state index >= 15 is 0 Å². The molecule has 6 heteroatoms. The molecule has 0 radical (unpaired) electrons. The van der Waals surface area contributed by atoms with Gasteiger partial charge in [-0.2, -0.15) is 4.21 Å². The van der Waals surface area contributed by atoms with Crippen molar-refractivity contribution in [3.05, 3.63) is 36.1 Å². The Balaban J connectivity index is 1.92. The molecule has 82 valence electrons. The molecule has 2 heterocycles. The Bertz CT molecular complexity index is 591. The van der Waals surface area contributed by atoms with Crippen LogP contribution in [-0.2, 0) is 22.0 Å². The first-order valence-electron chi connectivity index (χ1n) is 4.71. The van der Waals surface area contributed by atoms with E-state index in [9.17, 15) is 4.21 Å². The van der Waals surface area contributed by atoms with Gasteiger partial charge in [0.1, 0.15) is 5.58 Å². The van der Waals surface area contributed by atoms with Crippen LogP contribution in [0.4, 0.5) is 0 Å². The van der Waals surface area contributed by atoms with Gasteiger partial charge in [0.25, 0.3) is 0 Å². The third-order valence-corrected chi connectivity index (χ3v) is 2.95. The number of rotatable bonds is 2. The molecule has 0 bridgehead atoms. The van der Waals surface area contributed by atoms with E-state index in [4.69, 9.17) is 4.42 Å². The minimum absolute atomic E-state index is 0.517. The van der Waals surface area contributed by atoms with E-state index in [-0.39, 0.29) is 0 Å². The summed E-state index contributed by atoms with van der Waals surface area (Å²) in [5.74, 6) is 0.546. The summed E-state index contributed by atoms with van der Waals surface area (Å²) in [6.45, 7) is 0. The van der Waals surface area contributed by atoms with Gasteiger partial charge < -0.3 is 4.42 Å². The lowest BCUT2D eigenvalue weighted by Crippen LogP contribution is -2.20. The highest BCUT2D eigenvalue weighted by Gasteiger charge is 2.16. The maximum absolute atomic E-state index is 10.9. The number of nitrogens with one attached hydrogen (secondary N) is 1. The third-order valence-electron chi connectivity index (χ3n) is 2.34. The van der Waals surface area contributed by atoms with Crippen molar-refractivity contribution in [1.29, 1.82) is 0 Å². The fourth-order valence-electron chi connectivity index (χ4n) is 1.63. The normalized spacial score (nSPS) is 19.2. The van der Waals surface area contributed by atoms with Gasteiger partial charge in [0, 0.05) is 17.4 Å². The molecule has 16 heavy (non-hydrogen) atoms. The van der Waals surface area contributed by atoms with Gasteiger partial charge in [0.15, 0.2) is 5.84 Å². The number of furan rings is 1. The highest BCUT2D eigenvalue weighted by atomic mass is 32.2. The molecule has 0 saturated heterocycles. The fourth-order valence-corrected chi connectivity index (χ4v) is 2.13. The summed E-state index contributed by atoms with van der Waals surface area (Å²) >= 11 is -1.53. The van der Waals surface area contributed by atoms with Gasteiger partial charge in [-0.1, -0.05) is 23.4 Å². The molecule has 3 rings (SSSR count). The summed E-state index contributed by atoms with van der Waals surface area (Å²) < 4.78 is 23.4. The lowest BCUT2D eigenvalue weighted by atomic mass is 10.1. The molecule has 2 aromatic rings. The molecule has 1 aliphatic heterocycles. The molecule has 1 aliphatic rings. The molecule has 1 atom stereocenters. The van der Waals surface area contributed by atoms with Crippen LogP contribution >= 0.6 is 0 Å². The maximum atomic E-state index is 10.9. The van der Waals surface area contributed by atoms with Crippen LogP contribution < -0.4 is 4.72 Å². The average molecular weight is 236 g/mol. The molecule has 0 aliphatic carbocycles. The van der Waals surface area contributed by atoms with Crippen LogP contribution in [0.5, 0.6) is 0 Å². The number of nitrogens with zero attached hydrogens (tertiary/aromatic N) is 1. The van der Waals surface area contributed by atoms with Gasteiger partial charge in [0.2, 0.25) is 0 Å². The van der Waals surface area contributed by atoms with Crippen LogP contribution in [0.25, 0.3) is 11.0 Å². The minimum atomic E-state index is -1.53. The van der Waals surface area contributed by atoms with E-state index in [0.717, 1.165) is 16.5 Å². The number of oxime groups is 1. The first-order valence-corrected chi connectivity index (χ1v) is 5.78. The van der Waals surface area contributed by atoms with Crippen LogP contribution in [-0.4, -0.2) is 10.0 Å². The molecular weight excluding hydrogens is 228 g/mol. The van der Waals surface area contributed by atoms with E-state index in [1.54, 1.807) is 6.26 Å². The van der Waals surface area contributed by atoms with Crippen LogP contribution in [0.15, 0.2) is 40.1 Å². The average Bonchev–Trinajstić information content (AvgIpc) is 2.87. The Morgan fingerprint density at radius 3 is 3.06 bits per heavy atom.